The molecule has 1 unspecified atom stereocenters. The molecule has 2 rings (SSSR count). The summed E-state index contributed by atoms with van der Waals surface area (Å²) in [4.78, 5) is 23.2. The van der Waals surface area contributed by atoms with Crippen LogP contribution in [-0.2, 0) is 4.79 Å². The topological polar surface area (TPSA) is 46.6 Å². The Morgan fingerprint density at radius 1 is 1.44 bits per heavy atom. The van der Waals surface area contributed by atoms with E-state index in [1.54, 1.807) is 17.0 Å². The number of hydrogen-bond acceptors (Lipinski definition) is 3. The lowest BCUT2D eigenvalue weighted by Crippen LogP contribution is -2.27. The summed E-state index contributed by atoms with van der Waals surface area (Å²) in [5.41, 5.74) is 1.53. The van der Waals surface area contributed by atoms with E-state index < -0.39 is 0 Å². The molecule has 0 N–H and O–H groups in total. The van der Waals surface area contributed by atoms with E-state index in [2.05, 4.69) is 0 Å². The van der Waals surface area contributed by atoms with E-state index in [1.165, 1.54) is 0 Å². The highest BCUT2D eigenvalue weighted by Crippen LogP contribution is 2.31. The zero-order valence-corrected chi connectivity index (χ0v) is 9.05. The molecule has 0 aromatic heterocycles. The summed E-state index contributed by atoms with van der Waals surface area (Å²) in [6.07, 6.45) is 1.62. The number of aldehydes is 1. The van der Waals surface area contributed by atoms with Crippen LogP contribution in [0.15, 0.2) is 18.2 Å². The SMILES string of the molecule is CC1c2ccc(C=O)cc2OCCN1C=O. The lowest BCUT2D eigenvalue weighted by atomic mass is 10.0. The van der Waals surface area contributed by atoms with Gasteiger partial charge in [0.25, 0.3) is 0 Å². The van der Waals surface area contributed by atoms with Crippen LogP contribution in [-0.4, -0.2) is 30.7 Å². The van der Waals surface area contributed by atoms with E-state index in [-0.39, 0.29) is 6.04 Å². The lowest BCUT2D eigenvalue weighted by Gasteiger charge is -2.22. The van der Waals surface area contributed by atoms with Gasteiger partial charge in [-0.2, -0.15) is 0 Å². The number of ether oxygens (including phenoxy) is 1. The van der Waals surface area contributed by atoms with Crippen molar-refractivity contribution in [1.82, 2.24) is 4.90 Å². The molecule has 4 heteroatoms. The summed E-state index contributed by atoms with van der Waals surface area (Å²) in [6.45, 7) is 2.97. The van der Waals surface area contributed by atoms with Gasteiger partial charge in [-0.15, -0.1) is 0 Å². The molecule has 16 heavy (non-hydrogen) atoms. The summed E-state index contributed by atoms with van der Waals surface area (Å²) in [6, 6.07) is 5.27. The van der Waals surface area contributed by atoms with Crippen molar-refractivity contribution in [3.63, 3.8) is 0 Å². The summed E-state index contributed by atoms with van der Waals surface area (Å²) in [5.74, 6) is 0.696. The monoisotopic (exact) mass is 219 g/mol. The fraction of sp³-hybridized carbons (Fsp3) is 0.333. The number of carbonyl (C=O) groups is 2. The average molecular weight is 219 g/mol. The Hall–Kier alpha value is -1.84. The summed E-state index contributed by atoms with van der Waals surface area (Å²) < 4.78 is 5.53. The van der Waals surface area contributed by atoms with Crippen molar-refractivity contribution < 1.29 is 14.3 Å². The van der Waals surface area contributed by atoms with Crippen molar-refractivity contribution in [3.05, 3.63) is 29.3 Å². The van der Waals surface area contributed by atoms with Crippen LogP contribution in [0.2, 0.25) is 0 Å². The fourth-order valence-corrected chi connectivity index (χ4v) is 1.87. The number of hydrogen-bond donors (Lipinski definition) is 0. The van der Waals surface area contributed by atoms with Crippen LogP contribution < -0.4 is 4.74 Å². The van der Waals surface area contributed by atoms with Gasteiger partial charge < -0.3 is 9.64 Å². The van der Waals surface area contributed by atoms with E-state index in [4.69, 9.17) is 4.74 Å². The molecular weight excluding hydrogens is 206 g/mol. The van der Waals surface area contributed by atoms with Crippen molar-refractivity contribution in [2.45, 2.75) is 13.0 Å². The van der Waals surface area contributed by atoms with Crippen LogP contribution in [0.1, 0.15) is 28.9 Å². The Kier molecular flexibility index (Phi) is 2.90. The molecule has 0 aliphatic carbocycles. The molecule has 0 spiro atoms. The lowest BCUT2D eigenvalue weighted by molar-refractivity contribution is -0.120. The molecular formula is C12H13NO3. The standard InChI is InChI=1S/C12H13NO3/c1-9-11-3-2-10(7-14)6-12(11)16-5-4-13(9)8-15/h2-3,6-9H,4-5H2,1H3. The van der Waals surface area contributed by atoms with Crippen LogP contribution in [0.4, 0.5) is 0 Å². The molecule has 4 nitrogen and oxygen atoms in total. The predicted molar refractivity (Wildman–Crippen MR) is 58.5 cm³/mol. The van der Waals surface area contributed by atoms with Gasteiger partial charge in [0.15, 0.2) is 0 Å². The molecule has 1 aliphatic heterocycles. The summed E-state index contributed by atoms with van der Waals surface area (Å²) >= 11 is 0. The van der Waals surface area contributed by atoms with E-state index in [1.807, 2.05) is 13.0 Å². The minimum Gasteiger partial charge on any atom is -0.491 e. The first-order chi connectivity index (χ1) is 7.76. The highest BCUT2D eigenvalue weighted by atomic mass is 16.5. The van der Waals surface area contributed by atoms with Crippen LogP contribution >= 0.6 is 0 Å². The van der Waals surface area contributed by atoms with Gasteiger partial charge >= 0.3 is 0 Å². The Labute approximate surface area is 93.8 Å². The Balaban J connectivity index is 2.42. The molecule has 1 amide bonds. The zero-order chi connectivity index (χ0) is 11.5. The highest BCUT2D eigenvalue weighted by Gasteiger charge is 2.21. The van der Waals surface area contributed by atoms with E-state index in [9.17, 15) is 9.59 Å². The average Bonchev–Trinajstić information content (AvgIpc) is 2.48. The maximum absolute atomic E-state index is 10.9. The van der Waals surface area contributed by atoms with Gasteiger partial charge in [-0.1, -0.05) is 12.1 Å². The third-order valence-electron chi connectivity index (χ3n) is 2.86. The molecule has 84 valence electrons. The third-order valence-corrected chi connectivity index (χ3v) is 2.86. The maximum Gasteiger partial charge on any atom is 0.210 e. The molecule has 0 saturated carbocycles. The highest BCUT2D eigenvalue weighted by molar-refractivity contribution is 5.76. The fourth-order valence-electron chi connectivity index (χ4n) is 1.87. The number of benzene rings is 1. The van der Waals surface area contributed by atoms with Gasteiger partial charge in [-0.25, -0.2) is 0 Å². The summed E-state index contributed by atoms with van der Waals surface area (Å²) in [5, 5.41) is 0. The second-order valence-electron chi connectivity index (χ2n) is 3.78. The third kappa shape index (κ3) is 1.78. The molecule has 1 atom stereocenters. The van der Waals surface area contributed by atoms with Crippen LogP contribution in [0, 0.1) is 0 Å². The number of amides is 1. The first-order valence-electron chi connectivity index (χ1n) is 5.19. The smallest absolute Gasteiger partial charge is 0.210 e. The van der Waals surface area contributed by atoms with Crippen molar-refractivity contribution in [1.29, 1.82) is 0 Å². The number of nitrogens with zero attached hydrogens (tertiary/aromatic N) is 1. The van der Waals surface area contributed by atoms with Crippen molar-refractivity contribution in [2.24, 2.45) is 0 Å². The van der Waals surface area contributed by atoms with E-state index >= 15 is 0 Å². The van der Waals surface area contributed by atoms with Crippen LogP contribution in [0.3, 0.4) is 0 Å². The number of carbonyl (C=O) groups excluding carboxylic acids is 2. The van der Waals surface area contributed by atoms with Gasteiger partial charge in [0.2, 0.25) is 6.41 Å². The van der Waals surface area contributed by atoms with Crippen molar-refractivity contribution >= 4 is 12.7 Å². The van der Waals surface area contributed by atoms with Crippen molar-refractivity contribution in [2.75, 3.05) is 13.2 Å². The van der Waals surface area contributed by atoms with E-state index in [0.717, 1.165) is 18.3 Å². The normalized spacial score (nSPS) is 19.3. The first-order valence-corrected chi connectivity index (χ1v) is 5.19. The van der Waals surface area contributed by atoms with Crippen LogP contribution in [0.25, 0.3) is 0 Å². The quantitative estimate of drug-likeness (QED) is 0.706. The first kappa shape index (κ1) is 10.7. The molecule has 0 bridgehead atoms. The van der Waals surface area contributed by atoms with Gasteiger partial charge in [0.1, 0.15) is 18.6 Å². The minimum absolute atomic E-state index is 0.0179. The maximum atomic E-state index is 10.9. The minimum atomic E-state index is -0.0179. The Morgan fingerprint density at radius 2 is 2.25 bits per heavy atom. The molecule has 1 aliphatic rings. The second kappa shape index (κ2) is 4.35. The van der Waals surface area contributed by atoms with Gasteiger partial charge in [0, 0.05) is 11.1 Å². The molecule has 0 radical (unpaired) electrons. The largest absolute Gasteiger partial charge is 0.491 e. The van der Waals surface area contributed by atoms with Gasteiger partial charge in [-0.3, -0.25) is 9.59 Å². The van der Waals surface area contributed by atoms with Gasteiger partial charge in [0.05, 0.1) is 12.6 Å². The zero-order valence-electron chi connectivity index (χ0n) is 9.05. The van der Waals surface area contributed by atoms with Crippen molar-refractivity contribution in [3.8, 4) is 5.75 Å². The van der Waals surface area contributed by atoms with E-state index in [0.29, 0.717) is 24.5 Å². The predicted octanol–water partition coefficient (Wildman–Crippen LogP) is 1.41. The molecule has 1 aromatic rings. The summed E-state index contributed by atoms with van der Waals surface area (Å²) in [7, 11) is 0. The number of rotatable bonds is 2. The number of fused-ring (bicyclic) bond motifs is 1. The molecule has 1 heterocycles. The Morgan fingerprint density at radius 3 is 2.94 bits per heavy atom. The molecule has 1 aromatic carbocycles. The second-order valence-corrected chi connectivity index (χ2v) is 3.78. The molecule has 0 saturated heterocycles. The van der Waals surface area contributed by atoms with Crippen LogP contribution in [0.5, 0.6) is 5.75 Å². The Bertz CT molecular complexity index is 417. The van der Waals surface area contributed by atoms with Gasteiger partial charge in [-0.05, 0) is 13.0 Å². The molecule has 0 fully saturated rings.